The Kier molecular flexibility index (Phi) is 6.89. The standard InChI is InChI=1S/C17H21N3O3S/c1-3-23-16(22)14(11-13-7-5-4-6-8-13)20(2)12-15(21)19-17-18-9-10-24-17/h4-10,14H,3,11-12H2,1-2H3,(H,18,19,21)/t14-/m1/s1. The lowest BCUT2D eigenvalue weighted by Crippen LogP contribution is -2.44. The molecule has 24 heavy (non-hydrogen) atoms. The number of carbonyl (C=O) groups excluding carboxylic acids is 2. The van der Waals surface area contributed by atoms with E-state index in [0.717, 1.165) is 5.56 Å². The number of carbonyl (C=O) groups is 2. The molecule has 1 atom stereocenters. The van der Waals surface area contributed by atoms with E-state index in [9.17, 15) is 9.59 Å². The van der Waals surface area contributed by atoms with E-state index in [1.165, 1.54) is 11.3 Å². The molecule has 1 aromatic heterocycles. The number of thiazole rings is 1. The summed E-state index contributed by atoms with van der Waals surface area (Å²) in [6.07, 6.45) is 2.11. The van der Waals surface area contributed by atoms with Crippen LogP contribution in [-0.4, -0.2) is 48.0 Å². The van der Waals surface area contributed by atoms with E-state index in [1.54, 1.807) is 30.4 Å². The molecule has 0 aliphatic rings. The second-order valence-corrected chi connectivity index (χ2v) is 6.15. The van der Waals surface area contributed by atoms with Crippen molar-refractivity contribution in [1.82, 2.24) is 9.88 Å². The number of aromatic nitrogens is 1. The van der Waals surface area contributed by atoms with Gasteiger partial charge in [-0.3, -0.25) is 14.5 Å². The van der Waals surface area contributed by atoms with E-state index in [2.05, 4.69) is 10.3 Å². The van der Waals surface area contributed by atoms with Crippen LogP contribution in [0.1, 0.15) is 12.5 Å². The molecule has 6 nitrogen and oxygen atoms in total. The molecule has 0 aliphatic carbocycles. The van der Waals surface area contributed by atoms with E-state index >= 15 is 0 Å². The van der Waals surface area contributed by atoms with E-state index in [0.29, 0.717) is 18.2 Å². The average molecular weight is 347 g/mol. The van der Waals surface area contributed by atoms with Crippen LogP contribution in [0.25, 0.3) is 0 Å². The first-order valence-corrected chi connectivity index (χ1v) is 8.58. The van der Waals surface area contributed by atoms with Crippen LogP contribution in [0.2, 0.25) is 0 Å². The Bertz CT molecular complexity index is 646. The summed E-state index contributed by atoms with van der Waals surface area (Å²) in [6, 6.07) is 9.16. The second-order valence-electron chi connectivity index (χ2n) is 5.26. The Labute approximate surface area is 145 Å². The molecule has 0 aliphatic heterocycles. The third kappa shape index (κ3) is 5.43. The molecule has 0 saturated heterocycles. The van der Waals surface area contributed by atoms with Gasteiger partial charge in [-0.1, -0.05) is 30.3 Å². The van der Waals surface area contributed by atoms with Gasteiger partial charge in [0.15, 0.2) is 5.13 Å². The fraction of sp³-hybridized carbons (Fsp3) is 0.353. The first-order chi connectivity index (χ1) is 11.6. The molecule has 0 fully saturated rings. The monoisotopic (exact) mass is 347 g/mol. The zero-order valence-corrected chi connectivity index (χ0v) is 14.6. The van der Waals surface area contributed by atoms with Crippen LogP contribution in [0.3, 0.4) is 0 Å². The molecule has 0 bridgehead atoms. The van der Waals surface area contributed by atoms with Crippen LogP contribution in [0.4, 0.5) is 5.13 Å². The smallest absolute Gasteiger partial charge is 0.323 e. The summed E-state index contributed by atoms with van der Waals surface area (Å²) in [6.45, 7) is 2.16. The predicted octanol–water partition coefficient (Wildman–Crippen LogP) is 2.19. The first kappa shape index (κ1) is 18.1. The highest BCUT2D eigenvalue weighted by atomic mass is 32.1. The highest BCUT2D eigenvalue weighted by Crippen LogP contribution is 2.12. The van der Waals surface area contributed by atoms with Crippen molar-refractivity contribution in [2.24, 2.45) is 0 Å². The van der Waals surface area contributed by atoms with Gasteiger partial charge in [0.25, 0.3) is 0 Å². The minimum atomic E-state index is -0.519. The number of anilines is 1. The number of esters is 1. The molecule has 1 heterocycles. The van der Waals surface area contributed by atoms with Crippen LogP contribution in [0.15, 0.2) is 41.9 Å². The summed E-state index contributed by atoms with van der Waals surface area (Å²) in [5, 5.41) is 5.05. The lowest BCUT2D eigenvalue weighted by molar-refractivity contribution is -0.149. The lowest BCUT2D eigenvalue weighted by Gasteiger charge is -2.25. The van der Waals surface area contributed by atoms with Crippen molar-refractivity contribution in [2.45, 2.75) is 19.4 Å². The van der Waals surface area contributed by atoms with E-state index < -0.39 is 6.04 Å². The number of nitrogens with zero attached hydrogens (tertiary/aromatic N) is 2. The summed E-state index contributed by atoms with van der Waals surface area (Å²) < 4.78 is 5.16. The van der Waals surface area contributed by atoms with E-state index in [1.807, 2.05) is 30.3 Å². The van der Waals surface area contributed by atoms with Gasteiger partial charge in [-0.05, 0) is 26.0 Å². The molecule has 1 N–H and O–H groups in total. The maximum Gasteiger partial charge on any atom is 0.323 e. The van der Waals surface area contributed by atoms with Gasteiger partial charge in [0, 0.05) is 11.6 Å². The van der Waals surface area contributed by atoms with Crippen molar-refractivity contribution in [3.63, 3.8) is 0 Å². The molecule has 0 spiro atoms. The second kappa shape index (κ2) is 9.14. The Hall–Kier alpha value is -2.25. The first-order valence-electron chi connectivity index (χ1n) is 7.70. The minimum absolute atomic E-state index is 0.0793. The van der Waals surface area contributed by atoms with E-state index in [-0.39, 0.29) is 18.4 Å². The van der Waals surface area contributed by atoms with E-state index in [4.69, 9.17) is 4.74 Å². The highest BCUT2D eigenvalue weighted by Gasteiger charge is 2.26. The summed E-state index contributed by atoms with van der Waals surface area (Å²) in [5.74, 6) is -0.541. The number of rotatable bonds is 8. The van der Waals surface area contributed by atoms with Gasteiger partial charge < -0.3 is 10.1 Å². The van der Waals surface area contributed by atoms with Gasteiger partial charge in [-0.2, -0.15) is 0 Å². The molecule has 2 rings (SSSR count). The zero-order chi connectivity index (χ0) is 17.4. The fourth-order valence-electron chi connectivity index (χ4n) is 2.28. The number of amides is 1. The number of likely N-dealkylation sites (N-methyl/N-ethyl adjacent to an activating group) is 1. The SMILES string of the molecule is CCOC(=O)[C@@H](Cc1ccccc1)N(C)CC(=O)Nc1nccs1. The molecule has 1 amide bonds. The van der Waals surface area contributed by atoms with Gasteiger partial charge in [-0.25, -0.2) is 4.98 Å². The molecular weight excluding hydrogens is 326 g/mol. The molecule has 2 aromatic rings. The molecule has 0 unspecified atom stereocenters. The Morgan fingerprint density at radius 2 is 2.08 bits per heavy atom. The van der Waals surface area contributed by atoms with Gasteiger partial charge >= 0.3 is 5.97 Å². The molecule has 0 saturated carbocycles. The minimum Gasteiger partial charge on any atom is -0.465 e. The van der Waals surface area contributed by atoms with Crippen molar-refractivity contribution in [3.05, 3.63) is 47.5 Å². The zero-order valence-electron chi connectivity index (χ0n) is 13.8. The van der Waals surface area contributed by atoms with Gasteiger partial charge in [0.1, 0.15) is 6.04 Å². The summed E-state index contributed by atoms with van der Waals surface area (Å²) >= 11 is 1.35. The summed E-state index contributed by atoms with van der Waals surface area (Å²) in [4.78, 5) is 30.1. The van der Waals surface area contributed by atoms with Crippen molar-refractivity contribution < 1.29 is 14.3 Å². The predicted molar refractivity (Wildman–Crippen MR) is 93.9 cm³/mol. The fourth-order valence-corrected chi connectivity index (χ4v) is 2.82. The molecule has 1 aromatic carbocycles. The van der Waals surface area contributed by atoms with Crippen molar-refractivity contribution in [1.29, 1.82) is 0 Å². The van der Waals surface area contributed by atoms with Crippen molar-refractivity contribution >= 4 is 28.3 Å². The Balaban J connectivity index is 2.01. The number of hydrogen-bond acceptors (Lipinski definition) is 6. The third-order valence-electron chi connectivity index (χ3n) is 3.43. The Morgan fingerprint density at radius 1 is 1.33 bits per heavy atom. The van der Waals surface area contributed by atoms with Crippen molar-refractivity contribution in [3.8, 4) is 0 Å². The quantitative estimate of drug-likeness (QED) is 0.741. The average Bonchev–Trinajstić information content (AvgIpc) is 3.06. The third-order valence-corrected chi connectivity index (χ3v) is 4.12. The number of benzene rings is 1. The molecular formula is C17H21N3O3S. The van der Waals surface area contributed by atoms with Gasteiger partial charge in [0.2, 0.25) is 5.91 Å². The van der Waals surface area contributed by atoms with Crippen LogP contribution in [0, 0.1) is 0 Å². The van der Waals surface area contributed by atoms with Crippen molar-refractivity contribution in [2.75, 3.05) is 25.5 Å². The van der Waals surface area contributed by atoms with Crippen LogP contribution < -0.4 is 5.32 Å². The van der Waals surface area contributed by atoms with Gasteiger partial charge in [0.05, 0.1) is 13.2 Å². The van der Waals surface area contributed by atoms with Crippen LogP contribution in [-0.2, 0) is 20.7 Å². The lowest BCUT2D eigenvalue weighted by atomic mass is 10.0. The van der Waals surface area contributed by atoms with Crippen LogP contribution >= 0.6 is 11.3 Å². The molecule has 128 valence electrons. The number of ether oxygens (including phenoxy) is 1. The number of nitrogens with one attached hydrogen (secondary N) is 1. The molecule has 7 heteroatoms. The summed E-state index contributed by atoms with van der Waals surface area (Å²) in [7, 11) is 1.74. The molecule has 0 radical (unpaired) electrons. The normalized spacial score (nSPS) is 12.0. The van der Waals surface area contributed by atoms with Gasteiger partial charge in [-0.15, -0.1) is 11.3 Å². The topological polar surface area (TPSA) is 71.5 Å². The maximum atomic E-state index is 12.3. The van der Waals surface area contributed by atoms with Crippen LogP contribution in [0.5, 0.6) is 0 Å². The Morgan fingerprint density at radius 3 is 2.71 bits per heavy atom. The summed E-state index contributed by atoms with van der Waals surface area (Å²) in [5.41, 5.74) is 1.02. The maximum absolute atomic E-state index is 12.3. The highest BCUT2D eigenvalue weighted by molar-refractivity contribution is 7.13. The number of hydrogen-bond donors (Lipinski definition) is 1. The largest absolute Gasteiger partial charge is 0.465 e.